The molecule has 1 aromatic carbocycles. The highest BCUT2D eigenvalue weighted by molar-refractivity contribution is 6.35. The molecule has 1 aromatic rings. The molecule has 0 unspecified atom stereocenters. The number of carbonyl (C=O) groups is 2. The first-order valence-corrected chi connectivity index (χ1v) is 5.79. The lowest BCUT2D eigenvalue weighted by Gasteiger charge is -2.06. The van der Waals surface area contributed by atoms with Crippen LogP contribution >= 0.6 is 23.2 Å². The summed E-state index contributed by atoms with van der Waals surface area (Å²) >= 11 is 11.5. The van der Waals surface area contributed by atoms with Gasteiger partial charge in [-0.2, -0.15) is 0 Å². The molecular weight excluding hydrogens is 263 g/mol. The monoisotopic (exact) mass is 274 g/mol. The average Bonchev–Trinajstić information content (AvgIpc) is 2.25. The van der Waals surface area contributed by atoms with Crippen LogP contribution in [0, 0.1) is 0 Å². The Hall–Kier alpha value is -1.26. The molecule has 0 aliphatic rings. The summed E-state index contributed by atoms with van der Waals surface area (Å²) in [4.78, 5) is 22.8. The van der Waals surface area contributed by atoms with Crippen molar-refractivity contribution < 1.29 is 9.59 Å². The van der Waals surface area contributed by atoms with Crippen LogP contribution in [0.4, 0.5) is 0 Å². The van der Waals surface area contributed by atoms with Gasteiger partial charge in [0.2, 0.25) is 5.91 Å². The molecule has 0 bridgehead atoms. The van der Waals surface area contributed by atoms with Crippen molar-refractivity contribution in [3.05, 3.63) is 33.8 Å². The van der Waals surface area contributed by atoms with Crippen molar-refractivity contribution in [2.24, 2.45) is 0 Å². The number of rotatable bonds is 4. The van der Waals surface area contributed by atoms with E-state index in [9.17, 15) is 9.59 Å². The van der Waals surface area contributed by atoms with Crippen molar-refractivity contribution in [1.29, 1.82) is 0 Å². The highest BCUT2D eigenvalue weighted by atomic mass is 35.5. The van der Waals surface area contributed by atoms with Crippen LogP contribution < -0.4 is 10.6 Å². The van der Waals surface area contributed by atoms with Gasteiger partial charge in [0, 0.05) is 22.2 Å². The summed E-state index contributed by atoms with van der Waals surface area (Å²) in [5, 5.41) is 5.79. The number of benzene rings is 1. The van der Waals surface area contributed by atoms with Crippen molar-refractivity contribution in [1.82, 2.24) is 10.6 Å². The first kappa shape index (κ1) is 13.8. The Labute approximate surface area is 109 Å². The molecule has 4 nitrogen and oxygen atoms in total. The van der Waals surface area contributed by atoms with Crippen LogP contribution in [0.1, 0.15) is 17.3 Å². The van der Waals surface area contributed by atoms with Gasteiger partial charge in [0.25, 0.3) is 5.91 Å². The van der Waals surface area contributed by atoms with E-state index in [2.05, 4.69) is 10.6 Å². The summed E-state index contributed by atoms with van der Waals surface area (Å²) in [5.74, 6) is -0.630. The predicted octanol–water partition coefficient (Wildman–Crippen LogP) is 1.86. The largest absolute Gasteiger partial charge is 0.355 e. The molecule has 0 aromatic heterocycles. The van der Waals surface area contributed by atoms with Gasteiger partial charge >= 0.3 is 0 Å². The maximum atomic E-state index is 11.6. The minimum atomic E-state index is -0.388. The Balaban J connectivity index is 2.61. The zero-order valence-corrected chi connectivity index (χ0v) is 10.7. The van der Waals surface area contributed by atoms with Gasteiger partial charge in [0.1, 0.15) is 0 Å². The van der Waals surface area contributed by atoms with Crippen LogP contribution in [-0.2, 0) is 4.79 Å². The van der Waals surface area contributed by atoms with Crippen LogP contribution in [0.15, 0.2) is 18.2 Å². The minimum absolute atomic E-state index is 0.0726. The second-order valence-electron chi connectivity index (χ2n) is 3.29. The first-order chi connectivity index (χ1) is 8.02. The van der Waals surface area contributed by atoms with Gasteiger partial charge in [-0.05, 0) is 25.1 Å². The van der Waals surface area contributed by atoms with Gasteiger partial charge in [-0.25, -0.2) is 0 Å². The Morgan fingerprint density at radius 2 is 1.71 bits per heavy atom. The topological polar surface area (TPSA) is 58.2 Å². The minimum Gasteiger partial charge on any atom is -0.355 e. The number of hydrogen-bond donors (Lipinski definition) is 2. The highest BCUT2D eigenvalue weighted by Gasteiger charge is 2.09. The lowest BCUT2D eigenvalue weighted by atomic mass is 10.2. The average molecular weight is 275 g/mol. The molecule has 0 aliphatic heterocycles. The quantitative estimate of drug-likeness (QED) is 0.881. The summed E-state index contributed by atoms with van der Waals surface area (Å²) in [7, 11) is 0. The standard InChI is InChI=1S/C11H12Cl2N2O2/c1-2-14-10(16)6-15-11(17)7-3-8(12)5-9(13)4-7/h3-5H,2,6H2,1H3,(H,14,16)(H,15,17). The smallest absolute Gasteiger partial charge is 0.251 e. The van der Waals surface area contributed by atoms with E-state index in [1.807, 2.05) is 0 Å². The van der Waals surface area contributed by atoms with Gasteiger partial charge < -0.3 is 10.6 Å². The summed E-state index contributed by atoms with van der Waals surface area (Å²) in [6, 6.07) is 4.50. The molecule has 0 fully saturated rings. The van der Waals surface area contributed by atoms with Crippen LogP contribution in [0.5, 0.6) is 0 Å². The first-order valence-electron chi connectivity index (χ1n) is 5.04. The molecule has 0 aliphatic carbocycles. The summed E-state index contributed by atoms with van der Waals surface area (Å²) in [5.41, 5.74) is 0.326. The van der Waals surface area contributed by atoms with Crippen molar-refractivity contribution >= 4 is 35.0 Å². The zero-order chi connectivity index (χ0) is 12.8. The Morgan fingerprint density at radius 1 is 1.12 bits per heavy atom. The lowest BCUT2D eigenvalue weighted by Crippen LogP contribution is -2.36. The maximum Gasteiger partial charge on any atom is 0.251 e. The molecule has 92 valence electrons. The van der Waals surface area contributed by atoms with E-state index in [4.69, 9.17) is 23.2 Å². The van der Waals surface area contributed by atoms with E-state index in [0.717, 1.165) is 0 Å². The maximum absolute atomic E-state index is 11.6. The third-order valence-corrected chi connectivity index (χ3v) is 2.34. The summed E-state index contributed by atoms with van der Waals surface area (Å²) < 4.78 is 0. The number of carbonyl (C=O) groups excluding carboxylic acids is 2. The molecule has 17 heavy (non-hydrogen) atoms. The van der Waals surface area contributed by atoms with Crippen molar-refractivity contribution in [2.45, 2.75) is 6.92 Å². The van der Waals surface area contributed by atoms with Crippen LogP contribution in [-0.4, -0.2) is 24.9 Å². The fraction of sp³-hybridized carbons (Fsp3) is 0.273. The molecule has 2 N–H and O–H groups in total. The molecule has 0 heterocycles. The molecule has 0 atom stereocenters. The van der Waals surface area contributed by atoms with E-state index in [-0.39, 0.29) is 18.4 Å². The third-order valence-electron chi connectivity index (χ3n) is 1.91. The zero-order valence-electron chi connectivity index (χ0n) is 9.22. The van der Waals surface area contributed by atoms with E-state index in [1.54, 1.807) is 6.92 Å². The van der Waals surface area contributed by atoms with E-state index >= 15 is 0 Å². The van der Waals surface area contributed by atoms with E-state index < -0.39 is 0 Å². The Morgan fingerprint density at radius 3 is 2.24 bits per heavy atom. The SMILES string of the molecule is CCNC(=O)CNC(=O)c1cc(Cl)cc(Cl)c1. The molecule has 0 spiro atoms. The Bertz CT molecular complexity index is 415. The molecule has 1 rings (SSSR count). The fourth-order valence-electron chi connectivity index (χ4n) is 1.21. The third kappa shape index (κ3) is 4.63. The van der Waals surface area contributed by atoms with E-state index in [0.29, 0.717) is 22.2 Å². The lowest BCUT2D eigenvalue weighted by molar-refractivity contribution is -0.120. The van der Waals surface area contributed by atoms with Gasteiger partial charge in [0.05, 0.1) is 6.54 Å². The normalized spacial score (nSPS) is 9.82. The highest BCUT2D eigenvalue weighted by Crippen LogP contribution is 2.18. The number of halogens is 2. The molecule has 0 saturated heterocycles. The molecule has 0 saturated carbocycles. The molecule has 6 heteroatoms. The van der Waals surface area contributed by atoms with Crippen molar-refractivity contribution in [3.63, 3.8) is 0 Å². The Kier molecular flexibility index (Phi) is 5.25. The van der Waals surface area contributed by atoms with Crippen LogP contribution in [0.3, 0.4) is 0 Å². The van der Waals surface area contributed by atoms with Gasteiger partial charge in [0.15, 0.2) is 0 Å². The van der Waals surface area contributed by atoms with E-state index in [1.165, 1.54) is 18.2 Å². The number of likely N-dealkylation sites (N-methyl/N-ethyl adjacent to an activating group) is 1. The van der Waals surface area contributed by atoms with Gasteiger partial charge in [-0.3, -0.25) is 9.59 Å². The summed E-state index contributed by atoms with van der Waals surface area (Å²) in [6.07, 6.45) is 0. The molecule has 2 amide bonds. The molecule has 0 radical (unpaired) electrons. The second-order valence-corrected chi connectivity index (χ2v) is 4.17. The second kappa shape index (κ2) is 6.47. The number of amides is 2. The predicted molar refractivity (Wildman–Crippen MR) is 67.5 cm³/mol. The van der Waals surface area contributed by atoms with Crippen molar-refractivity contribution in [3.8, 4) is 0 Å². The van der Waals surface area contributed by atoms with Crippen molar-refractivity contribution in [2.75, 3.05) is 13.1 Å². The van der Waals surface area contributed by atoms with Gasteiger partial charge in [-0.1, -0.05) is 23.2 Å². The summed E-state index contributed by atoms with van der Waals surface area (Å²) in [6.45, 7) is 2.25. The molecular formula is C11H12Cl2N2O2. The number of hydrogen-bond acceptors (Lipinski definition) is 2. The fourth-order valence-corrected chi connectivity index (χ4v) is 1.73. The van der Waals surface area contributed by atoms with Crippen LogP contribution in [0.2, 0.25) is 10.0 Å². The van der Waals surface area contributed by atoms with Crippen LogP contribution in [0.25, 0.3) is 0 Å². The number of nitrogens with one attached hydrogen (secondary N) is 2. The van der Waals surface area contributed by atoms with Gasteiger partial charge in [-0.15, -0.1) is 0 Å².